The second-order valence-electron chi connectivity index (χ2n) is 4.93. The van der Waals surface area contributed by atoms with Gasteiger partial charge in [0.05, 0.1) is 18.7 Å². The minimum atomic E-state index is -0.343. The predicted octanol–water partition coefficient (Wildman–Crippen LogP) is 0.538. The number of aryl methyl sites for hydroxylation is 1. The van der Waals surface area contributed by atoms with Crippen molar-refractivity contribution in [2.45, 2.75) is 38.8 Å². The van der Waals surface area contributed by atoms with Gasteiger partial charge >= 0.3 is 0 Å². The average molecular weight is 267 g/mol. The quantitative estimate of drug-likeness (QED) is 0.397. The SMILES string of the molecule is Cc1oc(CN(CCO)C2CCC2)cc1C(=O)NN. The molecule has 0 atom stereocenters. The molecule has 1 aromatic rings. The molecule has 1 aliphatic rings. The number of aliphatic hydroxyl groups is 1. The summed E-state index contributed by atoms with van der Waals surface area (Å²) < 4.78 is 5.59. The highest BCUT2D eigenvalue weighted by Gasteiger charge is 2.26. The summed E-state index contributed by atoms with van der Waals surface area (Å²) in [5.74, 6) is 6.08. The summed E-state index contributed by atoms with van der Waals surface area (Å²) in [4.78, 5) is 13.7. The molecule has 0 unspecified atom stereocenters. The number of carbonyl (C=O) groups excluding carboxylic acids is 1. The normalized spacial score (nSPS) is 15.6. The largest absolute Gasteiger partial charge is 0.464 e. The Morgan fingerprint density at radius 1 is 1.63 bits per heavy atom. The van der Waals surface area contributed by atoms with Gasteiger partial charge in [0.15, 0.2) is 0 Å². The first-order chi connectivity index (χ1) is 9.15. The summed E-state index contributed by atoms with van der Waals surface area (Å²) in [5, 5.41) is 9.12. The van der Waals surface area contributed by atoms with E-state index in [1.54, 1.807) is 13.0 Å². The number of nitrogen functional groups attached to an aromatic ring is 1. The molecular formula is C13H21N3O3. The number of nitrogens with one attached hydrogen (secondary N) is 1. The molecule has 4 N–H and O–H groups in total. The van der Waals surface area contributed by atoms with E-state index in [0.717, 1.165) is 18.6 Å². The first-order valence-corrected chi connectivity index (χ1v) is 6.61. The highest BCUT2D eigenvalue weighted by molar-refractivity contribution is 5.94. The summed E-state index contributed by atoms with van der Waals surface area (Å²) in [6.45, 7) is 3.12. The Balaban J connectivity index is 2.06. The number of hydrazine groups is 1. The van der Waals surface area contributed by atoms with Crippen molar-refractivity contribution >= 4 is 5.91 Å². The van der Waals surface area contributed by atoms with Crippen molar-refractivity contribution in [1.29, 1.82) is 0 Å². The molecule has 0 aliphatic heterocycles. The van der Waals surface area contributed by atoms with E-state index in [-0.39, 0.29) is 12.5 Å². The Morgan fingerprint density at radius 3 is 2.89 bits per heavy atom. The monoisotopic (exact) mass is 267 g/mol. The number of nitrogens with two attached hydrogens (primary N) is 1. The fraction of sp³-hybridized carbons (Fsp3) is 0.615. The molecule has 1 fully saturated rings. The average Bonchev–Trinajstić information content (AvgIpc) is 2.67. The van der Waals surface area contributed by atoms with Gasteiger partial charge in [-0.2, -0.15) is 0 Å². The second-order valence-corrected chi connectivity index (χ2v) is 4.93. The molecule has 106 valence electrons. The summed E-state index contributed by atoms with van der Waals surface area (Å²) in [5.41, 5.74) is 2.57. The van der Waals surface area contributed by atoms with E-state index in [1.165, 1.54) is 6.42 Å². The molecule has 6 heteroatoms. The Labute approximate surface area is 112 Å². The van der Waals surface area contributed by atoms with Crippen molar-refractivity contribution < 1.29 is 14.3 Å². The van der Waals surface area contributed by atoms with Crippen LogP contribution in [0.2, 0.25) is 0 Å². The molecule has 0 saturated heterocycles. The van der Waals surface area contributed by atoms with Crippen LogP contribution in [0.1, 0.15) is 41.1 Å². The van der Waals surface area contributed by atoms with E-state index in [4.69, 9.17) is 15.4 Å². The Morgan fingerprint density at radius 2 is 2.37 bits per heavy atom. The minimum absolute atomic E-state index is 0.131. The molecule has 6 nitrogen and oxygen atoms in total. The maximum Gasteiger partial charge on any atom is 0.268 e. The fourth-order valence-corrected chi connectivity index (χ4v) is 2.40. The zero-order chi connectivity index (χ0) is 13.8. The molecular weight excluding hydrogens is 246 g/mol. The van der Waals surface area contributed by atoms with Gasteiger partial charge in [-0.15, -0.1) is 0 Å². The van der Waals surface area contributed by atoms with Gasteiger partial charge in [-0.1, -0.05) is 6.42 Å². The molecule has 19 heavy (non-hydrogen) atoms. The van der Waals surface area contributed by atoms with Crippen LogP contribution in [0.25, 0.3) is 0 Å². The Hall–Kier alpha value is -1.37. The smallest absolute Gasteiger partial charge is 0.268 e. The third-order valence-corrected chi connectivity index (χ3v) is 3.68. The lowest BCUT2D eigenvalue weighted by molar-refractivity contribution is 0.0875. The summed E-state index contributed by atoms with van der Waals surface area (Å²) in [6, 6.07) is 2.24. The van der Waals surface area contributed by atoms with Crippen LogP contribution in [0.15, 0.2) is 10.5 Å². The number of aliphatic hydroxyl groups excluding tert-OH is 1. The molecule has 0 spiro atoms. The van der Waals surface area contributed by atoms with Crippen molar-refractivity contribution in [2.75, 3.05) is 13.2 Å². The third-order valence-electron chi connectivity index (χ3n) is 3.68. The van der Waals surface area contributed by atoms with Crippen LogP contribution in [0.3, 0.4) is 0 Å². The van der Waals surface area contributed by atoms with Gasteiger partial charge in [-0.05, 0) is 25.8 Å². The number of carbonyl (C=O) groups is 1. The molecule has 2 rings (SSSR count). The lowest BCUT2D eigenvalue weighted by Crippen LogP contribution is -2.41. The highest BCUT2D eigenvalue weighted by atomic mass is 16.3. The fourth-order valence-electron chi connectivity index (χ4n) is 2.40. The van der Waals surface area contributed by atoms with E-state index < -0.39 is 0 Å². The van der Waals surface area contributed by atoms with Crippen LogP contribution < -0.4 is 11.3 Å². The summed E-state index contributed by atoms with van der Waals surface area (Å²) in [7, 11) is 0. The number of rotatable bonds is 6. The maximum absolute atomic E-state index is 11.5. The van der Waals surface area contributed by atoms with Crippen molar-refractivity contribution in [2.24, 2.45) is 5.84 Å². The van der Waals surface area contributed by atoms with Crippen LogP contribution in [-0.4, -0.2) is 35.1 Å². The Bertz CT molecular complexity index is 440. The molecule has 1 heterocycles. The van der Waals surface area contributed by atoms with Crippen LogP contribution in [0.4, 0.5) is 0 Å². The number of nitrogens with zero attached hydrogens (tertiary/aromatic N) is 1. The molecule has 1 aliphatic carbocycles. The van der Waals surface area contributed by atoms with E-state index in [1.807, 2.05) is 0 Å². The molecule has 0 bridgehead atoms. The van der Waals surface area contributed by atoms with Crippen LogP contribution in [0, 0.1) is 6.92 Å². The van der Waals surface area contributed by atoms with Crippen molar-refractivity contribution in [3.8, 4) is 0 Å². The molecule has 1 aromatic heterocycles. The second kappa shape index (κ2) is 6.18. The lowest BCUT2D eigenvalue weighted by atomic mass is 9.91. The molecule has 0 aromatic carbocycles. The minimum Gasteiger partial charge on any atom is -0.464 e. The molecule has 1 amide bonds. The molecule has 0 radical (unpaired) electrons. The van der Waals surface area contributed by atoms with Crippen molar-refractivity contribution in [3.63, 3.8) is 0 Å². The van der Waals surface area contributed by atoms with E-state index >= 15 is 0 Å². The Kier molecular flexibility index (Phi) is 4.57. The van der Waals surface area contributed by atoms with Crippen LogP contribution in [-0.2, 0) is 6.54 Å². The van der Waals surface area contributed by atoms with Gasteiger partial charge in [0.1, 0.15) is 11.5 Å². The zero-order valence-corrected chi connectivity index (χ0v) is 11.2. The topological polar surface area (TPSA) is 91.7 Å². The molecule has 1 saturated carbocycles. The number of hydrogen-bond donors (Lipinski definition) is 3. The van der Waals surface area contributed by atoms with Gasteiger partial charge in [0, 0.05) is 12.6 Å². The summed E-state index contributed by atoms with van der Waals surface area (Å²) in [6.07, 6.45) is 3.57. The zero-order valence-electron chi connectivity index (χ0n) is 11.2. The predicted molar refractivity (Wildman–Crippen MR) is 70.2 cm³/mol. The van der Waals surface area contributed by atoms with E-state index in [9.17, 15) is 4.79 Å². The van der Waals surface area contributed by atoms with E-state index in [2.05, 4.69) is 10.3 Å². The van der Waals surface area contributed by atoms with Crippen LogP contribution >= 0.6 is 0 Å². The number of hydrogen-bond acceptors (Lipinski definition) is 5. The lowest BCUT2D eigenvalue weighted by Gasteiger charge is -2.36. The van der Waals surface area contributed by atoms with Gasteiger partial charge in [-0.25, -0.2) is 5.84 Å². The van der Waals surface area contributed by atoms with Gasteiger partial charge in [0.25, 0.3) is 5.91 Å². The maximum atomic E-state index is 11.5. The number of amides is 1. The van der Waals surface area contributed by atoms with Crippen LogP contribution in [0.5, 0.6) is 0 Å². The van der Waals surface area contributed by atoms with Crippen molar-refractivity contribution in [3.05, 3.63) is 23.2 Å². The number of furan rings is 1. The first kappa shape index (κ1) is 14.0. The van der Waals surface area contributed by atoms with Gasteiger partial charge < -0.3 is 9.52 Å². The van der Waals surface area contributed by atoms with Gasteiger partial charge in [-0.3, -0.25) is 15.1 Å². The summed E-state index contributed by atoms with van der Waals surface area (Å²) >= 11 is 0. The highest BCUT2D eigenvalue weighted by Crippen LogP contribution is 2.27. The van der Waals surface area contributed by atoms with Crippen molar-refractivity contribution in [1.82, 2.24) is 10.3 Å². The van der Waals surface area contributed by atoms with Gasteiger partial charge in [0.2, 0.25) is 0 Å². The standard InChI is InChI=1S/C13H21N3O3/c1-9-12(13(18)15-14)7-11(19-9)8-16(5-6-17)10-3-2-4-10/h7,10,17H,2-6,8,14H2,1H3,(H,15,18). The third kappa shape index (κ3) is 3.15. The van der Waals surface area contributed by atoms with E-state index in [0.29, 0.717) is 30.5 Å². The first-order valence-electron chi connectivity index (χ1n) is 6.61.